The van der Waals surface area contributed by atoms with Crippen LogP contribution in [0.25, 0.3) is 16.7 Å². The molecule has 0 unspecified atom stereocenters. The molecule has 0 aliphatic rings. The summed E-state index contributed by atoms with van der Waals surface area (Å²) in [4.78, 5) is 0. The van der Waals surface area contributed by atoms with Crippen LogP contribution >= 0.6 is 0 Å². The molecule has 2 aromatic heterocycles. The minimum atomic E-state index is -2.75. The molecule has 0 amide bonds. The summed E-state index contributed by atoms with van der Waals surface area (Å²) < 4.78 is 27.2. The number of H-pyrrole nitrogens is 1. The Morgan fingerprint density at radius 3 is 2.60 bits per heavy atom. The maximum absolute atomic E-state index is 13.0. The predicted octanol–water partition coefficient (Wildman–Crippen LogP) is 2.14. The largest absolute Gasteiger partial charge is 0.383 e. The van der Waals surface area contributed by atoms with Crippen molar-refractivity contribution in [1.29, 1.82) is 5.26 Å². The number of nitriles is 1. The van der Waals surface area contributed by atoms with Crippen LogP contribution in [0.3, 0.4) is 0 Å². The molecule has 20 heavy (non-hydrogen) atoms. The molecule has 3 rings (SSSR count). The van der Waals surface area contributed by atoms with Crippen molar-refractivity contribution in [2.45, 2.75) is 6.43 Å². The van der Waals surface area contributed by atoms with Crippen molar-refractivity contribution in [2.75, 3.05) is 5.73 Å². The maximum atomic E-state index is 13.0. The van der Waals surface area contributed by atoms with E-state index in [0.717, 1.165) is 0 Å². The second-order valence-electron chi connectivity index (χ2n) is 4.09. The van der Waals surface area contributed by atoms with Gasteiger partial charge in [0.05, 0.1) is 22.7 Å². The summed E-state index contributed by atoms with van der Waals surface area (Å²) in [6.45, 7) is 0. The number of anilines is 1. The van der Waals surface area contributed by atoms with Gasteiger partial charge >= 0.3 is 0 Å². The van der Waals surface area contributed by atoms with Crippen molar-refractivity contribution in [1.82, 2.24) is 20.0 Å². The summed E-state index contributed by atoms with van der Waals surface area (Å²) in [6, 6.07) is 8.32. The second kappa shape index (κ2) is 4.31. The van der Waals surface area contributed by atoms with Gasteiger partial charge in [0.15, 0.2) is 5.65 Å². The zero-order chi connectivity index (χ0) is 14.3. The number of hydrogen-bond donors (Lipinski definition) is 2. The average Bonchev–Trinajstić information content (AvgIpc) is 3.00. The van der Waals surface area contributed by atoms with Gasteiger partial charge in [-0.25, -0.2) is 13.5 Å². The fourth-order valence-corrected chi connectivity index (χ4v) is 1.97. The maximum Gasteiger partial charge on any atom is 0.282 e. The molecule has 0 aliphatic heterocycles. The normalized spacial score (nSPS) is 11.1. The lowest BCUT2D eigenvalue weighted by Crippen LogP contribution is -1.99. The molecule has 0 aliphatic carbocycles. The highest BCUT2D eigenvalue weighted by molar-refractivity contribution is 5.90. The molecule has 2 heterocycles. The molecule has 0 saturated carbocycles. The van der Waals surface area contributed by atoms with Crippen molar-refractivity contribution in [3.05, 3.63) is 35.5 Å². The lowest BCUT2D eigenvalue weighted by molar-refractivity contribution is 0.147. The van der Waals surface area contributed by atoms with Crippen LogP contribution < -0.4 is 5.73 Å². The van der Waals surface area contributed by atoms with E-state index in [1.165, 1.54) is 4.68 Å². The molecule has 0 bridgehead atoms. The molecule has 6 nitrogen and oxygen atoms in total. The van der Waals surface area contributed by atoms with Gasteiger partial charge in [0, 0.05) is 0 Å². The SMILES string of the molecule is N#Cc1ccc(-n2nc(C(F)F)c3c(N)[nH]nc32)cc1. The Kier molecular flexibility index (Phi) is 2.61. The molecule has 0 radical (unpaired) electrons. The number of nitrogens with one attached hydrogen (secondary N) is 1. The lowest BCUT2D eigenvalue weighted by Gasteiger charge is -2.01. The molecule has 0 fully saturated rings. The van der Waals surface area contributed by atoms with Gasteiger partial charge in [-0.3, -0.25) is 5.10 Å². The zero-order valence-corrected chi connectivity index (χ0v) is 10.0. The molecule has 0 saturated heterocycles. The first-order valence-corrected chi connectivity index (χ1v) is 5.63. The topological polar surface area (TPSA) is 96.3 Å². The Labute approximate surface area is 111 Å². The van der Waals surface area contributed by atoms with Crippen LogP contribution in [0, 0.1) is 11.3 Å². The number of aromatic nitrogens is 4. The number of benzene rings is 1. The van der Waals surface area contributed by atoms with Crippen molar-refractivity contribution < 1.29 is 8.78 Å². The van der Waals surface area contributed by atoms with Crippen molar-refractivity contribution in [2.24, 2.45) is 0 Å². The monoisotopic (exact) mass is 274 g/mol. The van der Waals surface area contributed by atoms with Crippen molar-refractivity contribution >= 4 is 16.9 Å². The summed E-state index contributed by atoms with van der Waals surface area (Å²) in [5.74, 6) is 0.0511. The molecule has 3 N–H and O–H groups in total. The summed E-state index contributed by atoms with van der Waals surface area (Å²) in [5.41, 5.74) is 6.39. The highest BCUT2D eigenvalue weighted by atomic mass is 19.3. The Morgan fingerprint density at radius 2 is 2.00 bits per heavy atom. The summed E-state index contributed by atoms with van der Waals surface area (Å²) in [5, 5.41) is 19.1. The number of rotatable bonds is 2. The van der Waals surface area contributed by atoms with E-state index >= 15 is 0 Å². The Bertz CT molecular complexity index is 809. The molecule has 3 aromatic rings. The minimum absolute atomic E-state index is 0.0511. The van der Waals surface area contributed by atoms with Gasteiger partial charge < -0.3 is 5.73 Å². The molecule has 0 atom stereocenters. The zero-order valence-electron chi connectivity index (χ0n) is 10.0. The third-order valence-corrected chi connectivity index (χ3v) is 2.89. The fraction of sp³-hybridized carbons (Fsp3) is 0.0833. The van der Waals surface area contributed by atoms with E-state index < -0.39 is 12.1 Å². The Balaban J connectivity index is 2.23. The standard InChI is InChI=1S/C12H8F2N6/c13-10(14)9-8-11(16)17-18-12(8)20(19-9)7-3-1-6(5-15)2-4-7/h1-4,10H,(H3,16,17,18). The van der Waals surface area contributed by atoms with Gasteiger partial charge in [-0.05, 0) is 24.3 Å². The number of aromatic amines is 1. The highest BCUT2D eigenvalue weighted by Crippen LogP contribution is 2.31. The van der Waals surface area contributed by atoms with Crippen LogP contribution in [0.5, 0.6) is 0 Å². The van der Waals surface area contributed by atoms with E-state index in [1.807, 2.05) is 6.07 Å². The van der Waals surface area contributed by atoms with Gasteiger partial charge in [0.25, 0.3) is 6.43 Å². The van der Waals surface area contributed by atoms with E-state index in [0.29, 0.717) is 11.3 Å². The number of halogens is 2. The van der Waals surface area contributed by atoms with E-state index in [1.54, 1.807) is 24.3 Å². The van der Waals surface area contributed by atoms with Crippen molar-refractivity contribution in [3.8, 4) is 11.8 Å². The van der Waals surface area contributed by atoms with E-state index in [2.05, 4.69) is 15.3 Å². The Morgan fingerprint density at radius 1 is 1.30 bits per heavy atom. The number of nitrogen functional groups attached to an aromatic ring is 1. The van der Waals surface area contributed by atoms with Crippen molar-refractivity contribution in [3.63, 3.8) is 0 Å². The number of hydrogen-bond acceptors (Lipinski definition) is 4. The van der Waals surface area contributed by atoms with Crippen LogP contribution in [0.1, 0.15) is 17.7 Å². The molecular weight excluding hydrogens is 266 g/mol. The third-order valence-electron chi connectivity index (χ3n) is 2.89. The molecule has 1 aromatic carbocycles. The molecule has 8 heteroatoms. The highest BCUT2D eigenvalue weighted by Gasteiger charge is 2.23. The molecule has 100 valence electrons. The quantitative estimate of drug-likeness (QED) is 0.748. The third kappa shape index (κ3) is 1.68. The fourth-order valence-electron chi connectivity index (χ4n) is 1.97. The molecular formula is C12H8F2N6. The van der Waals surface area contributed by atoms with Gasteiger partial charge in [0.1, 0.15) is 11.5 Å². The second-order valence-corrected chi connectivity index (χ2v) is 4.09. The van der Waals surface area contributed by atoms with Crippen LogP contribution in [-0.4, -0.2) is 20.0 Å². The van der Waals surface area contributed by atoms with E-state index in [-0.39, 0.29) is 16.9 Å². The molecule has 0 spiro atoms. The van der Waals surface area contributed by atoms with E-state index in [9.17, 15) is 8.78 Å². The summed E-state index contributed by atoms with van der Waals surface area (Å²) >= 11 is 0. The summed E-state index contributed by atoms with van der Waals surface area (Å²) in [6.07, 6.45) is -2.75. The predicted molar refractivity (Wildman–Crippen MR) is 67.3 cm³/mol. The number of nitrogens with two attached hydrogens (primary N) is 1. The summed E-state index contributed by atoms with van der Waals surface area (Å²) in [7, 11) is 0. The number of alkyl halides is 2. The minimum Gasteiger partial charge on any atom is -0.383 e. The van der Waals surface area contributed by atoms with Gasteiger partial charge in [-0.15, -0.1) is 0 Å². The van der Waals surface area contributed by atoms with Gasteiger partial charge in [-0.1, -0.05) is 0 Å². The van der Waals surface area contributed by atoms with Crippen LogP contribution in [0.2, 0.25) is 0 Å². The van der Waals surface area contributed by atoms with Crippen LogP contribution in [-0.2, 0) is 0 Å². The number of nitrogens with zero attached hydrogens (tertiary/aromatic N) is 4. The smallest absolute Gasteiger partial charge is 0.282 e. The first-order chi connectivity index (χ1) is 9.61. The first-order valence-electron chi connectivity index (χ1n) is 5.63. The van der Waals surface area contributed by atoms with E-state index in [4.69, 9.17) is 11.0 Å². The lowest BCUT2D eigenvalue weighted by atomic mass is 10.2. The van der Waals surface area contributed by atoms with Crippen LogP contribution in [0.15, 0.2) is 24.3 Å². The van der Waals surface area contributed by atoms with Gasteiger partial charge in [0.2, 0.25) is 0 Å². The van der Waals surface area contributed by atoms with Gasteiger partial charge in [-0.2, -0.15) is 15.5 Å². The number of fused-ring (bicyclic) bond motifs is 1. The Hall–Kier alpha value is -2.95. The average molecular weight is 274 g/mol. The first kappa shape index (κ1) is 12.1. The van der Waals surface area contributed by atoms with Crippen LogP contribution in [0.4, 0.5) is 14.6 Å².